The molecule has 0 aliphatic rings. The third-order valence-electron chi connectivity index (χ3n) is 5.25. The van der Waals surface area contributed by atoms with Crippen LogP contribution in [-0.2, 0) is 27.7 Å². The number of rotatable bonds is 10. The van der Waals surface area contributed by atoms with Crippen LogP contribution in [0.4, 0.5) is 4.39 Å². The number of halogens is 1. The Labute approximate surface area is 187 Å². The number of carbonyl (C=O) groups excluding carboxylic acids is 1. The Morgan fingerprint density at radius 2 is 1.88 bits per heavy atom. The highest BCUT2D eigenvalue weighted by Gasteiger charge is 2.12. The molecule has 2 aromatic carbocycles. The Hall–Kier alpha value is -3.04. The molecular formula is C23H27FN4O3S. The van der Waals surface area contributed by atoms with Gasteiger partial charge in [0.1, 0.15) is 5.82 Å². The van der Waals surface area contributed by atoms with Crippen molar-refractivity contribution in [2.75, 3.05) is 20.6 Å². The van der Waals surface area contributed by atoms with Gasteiger partial charge in [0.2, 0.25) is 15.9 Å². The van der Waals surface area contributed by atoms with E-state index < -0.39 is 10.0 Å². The average Bonchev–Trinajstić information content (AvgIpc) is 3.26. The Balaban J connectivity index is 1.43. The number of hydrogen-bond acceptors (Lipinski definition) is 4. The minimum absolute atomic E-state index is 0.0296. The lowest BCUT2D eigenvalue weighted by atomic mass is 10.1. The molecule has 32 heavy (non-hydrogen) atoms. The highest BCUT2D eigenvalue weighted by Crippen LogP contribution is 2.19. The molecule has 0 unspecified atom stereocenters. The molecule has 0 aliphatic carbocycles. The number of aryl methyl sites for hydroxylation is 2. The van der Waals surface area contributed by atoms with Crippen LogP contribution in [0.3, 0.4) is 0 Å². The maximum atomic E-state index is 13.4. The van der Waals surface area contributed by atoms with Gasteiger partial charge in [-0.05, 0) is 62.2 Å². The van der Waals surface area contributed by atoms with E-state index in [2.05, 4.69) is 14.9 Å². The molecule has 3 aromatic rings. The summed E-state index contributed by atoms with van der Waals surface area (Å²) >= 11 is 0. The predicted octanol–water partition coefficient (Wildman–Crippen LogP) is 3.15. The zero-order chi connectivity index (χ0) is 23.1. The van der Waals surface area contributed by atoms with Crippen LogP contribution in [0, 0.1) is 5.82 Å². The van der Waals surface area contributed by atoms with E-state index >= 15 is 0 Å². The lowest BCUT2D eigenvalue weighted by molar-refractivity contribution is -0.129. The molecular weight excluding hydrogens is 431 g/mol. The first kappa shape index (κ1) is 23.6. The summed E-state index contributed by atoms with van der Waals surface area (Å²) in [6, 6.07) is 14.7. The van der Waals surface area contributed by atoms with Crippen LogP contribution in [0.15, 0.2) is 59.5 Å². The van der Waals surface area contributed by atoms with Gasteiger partial charge in [-0.3, -0.25) is 9.89 Å². The van der Waals surface area contributed by atoms with Gasteiger partial charge < -0.3 is 4.90 Å². The van der Waals surface area contributed by atoms with Crippen LogP contribution < -0.4 is 4.72 Å². The van der Waals surface area contributed by atoms with Gasteiger partial charge in [-0.15, -0.1) is 0 Å². The zero-order valence-corrected chi connectivity index (χ0v) is 19.0. The fourth-order valence-corrected chi connectivity index (χ4v) is 4.04. The fourth-order valence-electron chi connectivity index (χ4n) is 3.31. The molecule has 0 radical (unpaired) electrons. The first-order valence-corrected chi connectivity index (χ1v) is 11.8. The van der Waals surface area contributed by atoms with Crippen molar-refractivity contribution in [3.05, 3.63) is 71.7 Å². The van der Waals surface area contributed by atoms with E-state index in [4.69, 9.17) is 0 Å². The third-order valence-corrected chi connectivity index (χ3v) is 6.68. The van der Waals surface area contributed by atoms with E-state index in [1.165, 1.54) is 31.3 Å². The second-order valence-electron chi connectivity index (χ2n) is 7.56. The van der Waals surface area contributed by atoms with E-state index in [9.17, 15) is 17.6 Å². The van der Waals surface area contributed by atoms with E-state index in [0.29, 0.717) is 25.1 Å². The number of aromatic nitrogens is 2. The summed E-state index contributed by atoms with van der Waals surface area (Å²) in [5, 5.41) is 7.21. The van der Waals surface area contributed by atoms with Crippen molar-refractivity contribution in [3.8, 4) is 11.3 Å². The van der Waals surface area contributed by atoms with E-state index in [-0.39, 0.29) is 16.6 Å². The molecule has 0 aliphatic heterocycles. The van der Waals surface area contributed by atoms with Crippen molar-refractivity contribution in [1.82, 2.24) is 19.8 Å². The van der Waals surface area contributed by atoms with Gasteiger partial charge in [0.05, 0.1) is 10.6 Å². The molecule has 9 heteroatoms. The molecule has 0 atom stereocenters. The molecule has 2 N–H and O–H groups in total. The van der Waals surface area contributed by atoms with Crippen LogP contribution in [0.1, 0.15) is 24.1 Å². The monoisotopic (exact) mass is 458 g/mol. The number of amides is 1. The summed E-state index contributed by atoms with van der Waals surface area (Å²) in [4.78, 5) is 14.3. The maximum absolute atomic E-state index is 13.4. The van der Waals surface area contributed by atoms with Gasteiger partial charge in [0.25, 0.3) is 0 Å². The number of nitrogens with zero attached hydrogens (tertiary/aromatic N) is 2. The summed E-state index contributed by atoms with van der Waals surface area (Å²) in [6.07, 6.45) is 2.38. The average molecular weight is 459 g/mol. The highest BCUT2D eigenvalue weighted by molar-refractivity contribution is 7.89. The van der Waals surface area contributed by atoms with Gasteiger partial charge in [0, 0.05) is 31.3 Å². The molecule has 0 fully saturated rings. The first-order valence-electron chi connectivity index (χ1n) is 10.3. The number of hydrogen-bond donors (Lipinski definition) is 2. The van der Waals surface area contributed by atoms with Crippen LogP contribution in [-0.4, -0.2) is 50.1 Å². The molecule has 7 nitrogen and oxygen atoms in total. The second kappa shape index (κ2) is 10.5. The van der Waals surface area contributed by atoms with E-state index in [0.717, 1.165) is 29.7 Å². The molecule has 0 spiro atoms. The SMILES string of the molecule is CNS(=O)(=O)c1ccc(CCC(=O)N(C)CCCc2cc(-c3cccc(F)c3)n[nH]2)cc1. The quantitative estimate of drug-likeness (QED) is 0.488. The van der Waals surface area contributed by atoms with Crippen LogP contribution >= 0.6 is 0 Å². The van der Waals surface area contributed by atoms with Crippen LogP contribution in [0.5, 0.6) is 0 Å². The Bertz CT molecular complexity index is 1160. The zero-order valence-electron chi connectivity index (χ0n) is 18.1. The summed E-state index contributed by atoms with van der Waals surface area (Å²) < 4.78 is 39.2. The fraction of sp³-hybridized carbons (Fsp3) is 0.304. The van der Waals surface area contributed by atoms with Gasteiger partial charge in [-0.1, -0.05) is 24.3 Å². The Morgan fingerprint density at radius 3 is 2.56 bits per heavy atom. The van der Waals surface area contributed by atoms with Crippen LogP contribution in [0.25, 0.3) is 11.3 Å². The minimum Gasteiger partial charge on any atom is -0.346 e. The molecule has 170 valence electrons. The number of carbonyl (C=O) groups is 1. The van der Waals surface area contributed by atoms with Crippen LogP contribution in [0.2, 0.25) is 0 Å². The molecule has 0 bridgehead atoms. The Morgan fingerprint density at radius 1 is 1.12 bits per heavy atom. The van der Waals surface area contributed by atoms with Crippen molar-refractivity contribution in [1.29, 1.82) is 0 Å². The minimum atomic E-state index is -3.46. The second-order valence-corrected chi connectivity index (χ2v) is 9.45. The molecule has 1 amide bonds. The van der Waals surface area contributed by atoms with E-state index in [1.54, 1.807) is 30.1 Å². The molecule has 3 rings (SSSR count). The summed E-state index contributed by atoms with van der Waals surface area (Å²) in [6.45, 7) is 0.604. The largest absolute Gasteiger partial charge is 0.346 e. The van der Waals surface area contributed by atoms with Gasteiger partial charge in [0.15, 0.2) is 0 Å². The maximum Gasteiger partial charge on any atom is 0.240 e. The standard InChI is InChI=1S/C23H27FN4O3S/c1-25-32(30,31)21-11-8-17(9-12-21)10-13-23(29)28(2)14-4-7-20-16-22(27-26-20)18-5-3-6-19(24)15-18/h3,5-6,8-9,11-12,15-16,25H,4,7,10,13-14H2,1-2H3,(H,26,27). The first-order chi connectivity index (χ1) is 15.3. The number of nitrogens with one attached hydrogen (secondary N) is 2. The smallest absolute Gasteiger partial charge is 0.240 e. The third kappa shape index (κ3) is 6.24. The van der Waals surface area contributed by atoms with E-state index in [1.807, 2.05) is 12.1 Å². The summed E-state index contributed by atoms with van der Waals surface area (Å²) in [7, 11) is -0.316. The van der Waals surface area contributed by atoms with Gasteiger partial charge in [-0.25, -0.2) is 17.5 Å². The van der Waals surface area contributed by atoms with Crippen molar-refractivity contribution in [3.63, 3.8) is 0 Å². The molecule has 1 aromatic heterocycles. The highest BCUT2D eigenvalue weighted by atomic mass is 32.2. The van der Waals surface area contributed by atoms with Crippen molar-refractivity contribution in [2.24, 2.45) is 0 Å². The lowest BCUT2D eigenvalue weighted by Gasteiger charge is -2.17. The van der Waals surface area contributed by atoms with Gasteiger partial charge in [-0.2, -0.15) is 5.10 Å². The number of sulfonamides is 1. The molecule has 0 saturated heterocycles. The normalized spacial score (nSPS) is 11.5. The summed E-state index contributed by atoms with van der Waals surface area (Å²) in [5.74, 6) is -0.270. The van der Waals surface area contributed by atoms with Crippen molar-refractivity contribution in [2.45, 2.75) is 30.6 Å². The number of benzene rings is 2. The number of H-pyrrole nitrogens is 1. The van der Waals surface area contributed by atoms with Crippen molar-refractivity contribution >= 4 is 15.9 Å². The lowest BCUT2D eigenvalue weighted by Crippen LogP contribution is -2.28. The molecule has 1 heterocycles. The van der Waals surface area contributed by atoms with Gasteiger partial charge >= 0.3 is 0 Å². The molecule has 0 saturated carbocycles. The summed E-state index contributed by atoms with van der Waals surface area (Å²) in [5.41, 5.74) is 3.25. The Kier molecular flexibility index (Phi) is 7.76. The number of aromatic amines is 1. The van der Waals surface area contributed by atoms with Crippen molar-refractivity contribution < 1.29 is 17.6 Å². The topological polar surface area (TPSA) is 95.2 Å². The predicted molar refractivity (Wildman–Crippen MR) is 121 cm³/mol.